The number of rotatable bonds is 8. The van der Waals surface area contributed by atoms with Gasteiger partial charge in [-0.2, -0.15) is 0 Å². The van der Waals surface area contributed by atoms with Gasteiger partial charge in [0.15, 0.2) is 0 Å². The molecule has 2 aromatic carbocycles. The van der Waals surface area contributed by atoms with Crippen molar-refractivity contribution in [1.29, 1.82) is 0 Å². The molecule has 0 radical (unpaired) electrons. The molecule has 2 rings (SSSR count). The summed E-state index contributed by atoms with van der Waals surface area (Å²) in [6.45, 7) is 1.81. The number of ether oxygens (including phenoxy) is 2. The van der Waals surface area contributed by atoms with Crippen LogP contribution in [-0.4, -0.2) is 44.7 Å². The predicted molar refractivity (Wildman–Crippen MR) is 81.1 cm³/mol. The average molecular weight is 275 g/mol. The second kappa shape index (κ2) is 7.85. The van der Waals surface area contributed by atoms with Gasteiger partial charge in [-0.25, -0.2) is 0 Å². The van der Waals surface area contributed by atoms with Crippen molar-refractivity contribution >= 4 is 16.5 Å². The van der Waals surface area contributed by atoms with Crippen LogP contribution in [-0.2, 0) is 9.47 Å². The summed E-state index contributed by atoms with van der Waals surface area (Å²) in [7, 11) is 1.63. The minimum Gasteiger partial charge on any atom is -0.389 e. The third kappa shape index (κ3) is 4.20. The maximum Gasteiger partial charge on any atom is 0.0945 e. The monoisotopic (exact) mass is 275 g/mol. The van der Waals surface area contributed by atoms with E-state index in [1.165, 1.54) is 5.39 Å². The summed E-state index contributed by atoms with van der Waals surface area (Å²) >= 11 is 0. The first-order chi connectivity index (χ1) is 9.81. The van der Waals surface area contributed by atoms with Crippen LogP contribution < -0.4 is 5.32 Å². The average Bonchev–Trinajstić information content (AvgIpc) is 2.49. The standard InChI is InChI=1S/C16H21NO3/c1-19-9-10-20-12-14(18)11-17-16-8-4-6-13-5-2-3-7-15(13)16/h2-8,14,17-18H,9-12H2,1H3. The van der Waals surface area contributed by atoms with Crippen molar-refractivity contribution in [3.05, 3.63) is 42.5 Å². The van der Waals surface area contributed by atoms with E-state index in [4.69, 9.17) is 9.47 Å². The molecule has 0 spiro atoms. The molecule has 20 heavy (non-hydrogen) atoms. The molecule has 4 nitrogen and oxygen atoms in total. The van der Waals surface area contributed by atoms with E-state index in [1.54, 1.807) is 7.11 Å². The number of methoxy groups -OCH3 is 1. The van der Waals surface area contributed by atoms with Gasteiger partial charge in [-0.3, -0.25) is 0 Å². The van der Waals surface area contributed by atoms with Crippen LogP contribution in [0.1, 0.15) is 0 Å². The molecule has 0 aromatic heterocycles. The summed E-state index contributed by atoms with van der Waals surface area (Å²) in [6.07, 6.45) is -0.536. The number of hydrogen-bond donors (Lipinski definition) is 2. The normalized spacial score (nSPS) is 12.5. The molecule has 0 aliphatic carbocycles. The fraction of sp³-hybridized carbons (Fsp3) is 0.375. The van der Waals surface area contributed by atoms with E-state index in [-0.39, 0.29) is 0 Å². The van der Waals surface area contributed by atoms with E-state index >= 15 is 0 Å². The summed E-state index contributed by atoms with van der Waals surface area (Å²) < 4.78 is 10.2. The molecule has 2 aromatic rings. The molecule has 0 heterocycles. The third-order valence-corrected chi connectivity index (χ3v) is 3.06. The highest BCUT2D eigenvalue weighted by Crippen LogP contribution is 2.22. The number of hydrogen-bond acceptors (Lipinski definition) is 4. The van der Waals surface area contributed by atoms with Gasteiger partial charge in [0.1, 0.15) is 0 Å². The molecule has 4 heteroatoms. The highest BCUT2D eigenvalue weighted by Gasteiger charge is 2.05. The van der Waals surface area contributed by atoms with Crippen LogP contribution in [0.2, 0.25) is 0 Å². The lowest BCUT2D eigenvalue weighted by Gasteiger charge is -2.14. The molecular weight excluding hydrogens is 254 g/mol. The van der Waals surface area contributed by atoms with E-state index < -0.39 is 6.10 Å². The Bertz CT molecular complexity index is 525. The van der Waals surface area contributed by atoms with Crippen molar-refractivity contribution in [2.75, 3.05) is 38.8 Å². The van der Waals surface area contributed by atoms with Crippen molar-refractivity contribution < 1.29 is 14.6 Å². The lowest BCUT2D eigenvalue weighted by Crippen LogP contribution is -2.25. The van der Waals surface area contributed by atoms with E-state index in [2.05, 4.69) is 23.5 Å². The van der Waals surface area contributed by atoms with Crippen LogP contribution in [0.25, 0.3) is 10.8 Å². The van der Waals surface area contributed by atoms with Crippen molar-refractivity contribution in [3.8, 4) is 0 Å². The quantitative estimate of drug-likeness (QED) is 0.726. The van der Waals surface area contributed by atoms with Crippen molar-refractivity contribution in [1.82, 2.24) is 0 Å². The molecule has 108 valence electrons. The zero-order chi connectivity index (χ0) is 14.2. The fourth-order valence-corrected chi connectivity index (χ4v) is 2.03. The Morgan fingerprint density at radius 1 is 1.10 bits per heavy atom. The maximum atomic E-state index is 9.85. The lowest BCUT2D eigenvalue weighted by atomic mass is 10.1. The van der Waals surface area contributed by atoms with Gasteiger partial charge in [-0.1, -0.05) is 36.4 Å². The van der Waals surface area contributed by atoms with Crippen LogP contribution in [0, 0.1) is 0 Å². The summed E-state index contributed by atoms with van der Waals surface area (Å²) in [4.78, 5) is 0. The second-order valence-corrected chi connectivity index (χ2v) is 4.63. The molecule has 0 aliphatic heterocycles. The number of aliphatic hydroxyl groups excluding tert-OH is 1. The summed E-state index contributed by atoms with van der Waals surface area (Å²) in [5.74, 6) is 0. The number of fused-ring (bicyclic) bond motifs is 1. The van der Waals surface area contributed by atoms with Crippen LogP contribution >= 0.6 is 0 Å². The molecule has 0 saturated heterocycles. The Labute approximate surface area is 119 Å². The maximum absolute atomic E-state index is 9.85. The number of anilines is 1. The van der Waals surface area contributed by atoms with Crippen molar-refractivity contribution in [2.45, 2.75) is 6.10 Å². The van der Waals surface area contributed by atoms with Gasteiger partial charge in [0.2, 0.25) is 0 Å². The van der Waals surface area contributed by atoms with Gasteiger partial charge < -0.3 is 19.9 Å². The molecule has 2 N–H and O–H groups in total. The van der Waals surface area contributed by atoms with Gasteiger partial charge >= 0.3 is 0 Å². The Balaban J connectivity index is 1.86. The molecule has 1 atom stereocenters. The minimum atomic E-state index is -0.536. The SMILES string of the molecule is COCCOCC(O)CNc1cccc2ccccc12. The van der Waals surface area contributed by atoms with E-state index in [1.807, 2.05) is 24.3 Å². The molecular formula is C16H21NO3. The van der Waals surface area contributed by atoms with Gasteiger partial charge in [-0.05, 0) is 11.5 Å². The third-order valence-electron chi connectivity index (χ3n) is 3.06. The fourth-order valence-electron chi connectivity index (χ4n) is 2.03. The van der Waals surface area contributed by atoms with E-state index in [0.717, 1.165) is 11.1 Å². The van der Waals surface area contributed by atoms with Crippen LogP contribution in [0.3, 0.4) is 0 Å². The Morgan fingerprint density at radius 2 is 1.90 bits per heavy atom. The van der Waals surface area contributed by atoms with Crippen molar-refractivity contribution in [3.63, 3.8) is 0 Å². The zero-order valence-corrected chi connectivity index (χ0v) is 11.7. The smallest absolute Gasteiger partial charge is 0.0945 e. The Hall–Kier alpha value is -1.62. The number of benzene rings is 2. The lowest BCUT2D eigenvalue weighted by molar-refractivity contribution is 0.0182. The van der Waals surface area contributed by atoms with Crippen LogP contribution in [0.5, 0.6) is 0 Å². The highest BCUT2D eigenvalue weighted by molar-refractivity contribution is 5.93. The number of nitrogens with one attached hydrogen (secondary N) is 1. The van der Waals surface area contributed by atoms with Gasteiger partial charge in [-0.15, -0.1) is 0 Å². The van der Waals surface area contributed by atoms with Gasteiger partial charge in [0.25, 0.3) is 0 Å². The first-order valence-electron chi connectivity index (χ1n) is 6.77. The molecule has 0 bridgehead atoms. The Morgan fingerprint density at radius 3 is 2.75 bits per heavy atom. The Kier molecular flexibility index (Phi) is 5.80. The highest BCUT2D eigenvalue weighted by atomic mass is 16.5. The molecule has 0 amide bonds. The topological polar surface area (TPSA) is 50.7 Å². The van der Waals surface area contributed by atoms with E-state index in [0.29, 0.717) is 26.4 Å². The molecule has 0 fully saturated rings. The largest absolute Gasteiger partial charge is 0.389 e. The summed E-state index contributed by atoms with van der Waals surface area (Å²) in [5.41, 5.74) is 1.03. The predicted octanol–water partition coefficient (Wildman–Crippen LogP) is 2.28. The summed E-state index contributed by atoms with van der Waals surface area (Å²) in [5, 5.41) is 15.5. The zero-order valence-electron chi connectivity index (χ0n) is 11.7. The molecule has 0 aliphatic rings. The van der Waals surface area contributed by atoms with Gasteiger partial charge in [0, 0.05) is 24.7 Å². The van der Waals surface area contributed by atoms with Gasteiger partial charge in [0.05, 0.1) is 25.9 Å². The second-order valence-electron chi connectivity index (χ2n) is 4.63. The minimum absolute atomic E-state index is 0.307. The number of aliphatic hydroxyl groups is 1. The first-order valence-corrected chi connectivity index (χ1v) is 6.77. The molecule has 0 saturated carbocycles. The molecule has 1 unspecified atom stereocenters. The van der Waals surface area contributed by atoms with E-state index in [9.17, 15) is 5.11 Å². The first kappa shape index (κ1) is 14.8. The summed E-state index contributed by atoms with van der Waals surface area (Å²) in [6, 6.07) is 14.3. The van der Waals surface area contributed by atoms with Crippen LogP contribution in [0.15, 0.2) is 42.5 Å². The van der Waals surface area contributed by atoms with Crippen molar-refractivity contribution in [2.24, 2.45) is 0 Å². The van der Waals surface area contributed by atoms with Crippen LogP contribution in [0.4, 0.5) is 5.69 Å².